The Bertz CT molecular complexity index is 1510. The van der Waals surface area contributed by atoms with Gasteiger partial charge in [0, 0.05) is 23.1 Å². The largest absolute Gasteiger partial charge is 0.490 e. The van der Waals surface area contributed by atoms with E-state index in [1.807, 2.05) is 48.7 Å². The van der Waals surface area contributed by atoms with Crippen LogP contribution in [0, 0.1) is 21.4 Å². The van der Waals surface area contributed by atoms with Crippen LogP contribution in [0.2, 0.25) is 0 Å². The number of ether oxygens (including phenoxy) is 2. The lowest BCUT2D eigenvalue weighted by molar-refractivity contribution is -0.384. The number of non-ortho nitro benzene ring substituents is 1. The molecule has 0 aliphatic heterocycles. The molecule has 0 fully saturated rings. The molecule has 0 saturated carbocycles. The number of nitro groups is 1. The molecule has 4 rings (SSSR count). The van der Waals surface area contributed by atoms with Crippen molar-refractivity contribution in [3.63, 3.8) is 0 Å². The number of thiazole rings is 1. The second kappa shape index (κ2) is 12.3. The number of nitrogens with zero attached hydrogens (tertiary/aromatic N) is 3. The molecule has 1 aromatic heterocycles. The van der Waals surface area contributed by atoms with Crippen LogP contribution in [-0.4, -0.2) is 22.4 Å². The summed E-state index contributed by atoms with van der Waals surface area (Å²) in [5.74, 6) is 0.327. The van der Waals surface area contributed by atoms with Gasteiger partial charge < -0.3 is 9.47 Å². The van der Waals surface area contributed by atoms with Crippen LogP contribution in [-0.2, 0) is 11.4 Å². The van der Waals surface area contributed by atoms with E-state index in [1.54, 1.807) is 30.3 Å². The Balaban J connectivity index is 1.46. The number of aromatic nitrogens is 1. The number of anilines is 1. The highest BCUT2D eigenvalue weighted by Gasteiger charge is 2.14. The molecule has 3 aromatic carbocycles. The Kier molecular flexibility index (Phi) is 8.43. The number of rotatable bonds is 10. The molecule has 4 aromatic rings. The average Bonchev–Trinajstić information content (AvgIpc) is 3.40. The Morgan fingerprint density at radius 1 is 1.11 bits per heavy atom. The first kappa shape index (κ1) is 26.1. The summed E-state index contributed by atoms with van der Waals surface area (Å²) >= 11 is 1.27. The topological polar surface area (TPSA) is 127 Å². The predicted octanol–water partition coefficient (Wildman–Crippen LogP) is 6.24. The molecule has 0 atom stereocenters. The number of hydrogen-bond donors (Lipinski definition) is 1. The van der Waals surface area contributed by atoms with Gasteiger partial charge in [0.05, 0.1) is 17.2 Å². The van der Waals surface area contributed by atoms with Crippen molar-refractivity contribution >= 4 is 34.1 Å². The zero-order valence-electron chi connectivity index (χ0n) is 20.3. The molecule has 0 aliphatic rings. The van der Waals surface area contributed by atoms with E-state index in [4.69, 9.17) is 9.47 Å². The SMILES string of the molecule is CCOc1cc(/C=C(/C#N)C(=O)Nc2nc(-c3ccccc3)cs2)ccc1OCc1ccc([N+](=O)[O-])cc1. The second-order valence-corrected chi connectivity index (χ2v) is 8.74. The second-order valence-electron chi connectivity index (χ2n) is 7.88. The van der Waals surface area contributed by atoms with E-state index in [0.29, 0.717) is 28.8 Å². The van der Waals surface area contributed by atoms with Crippen molar-refractivity contribution in [3.8, 4) is 28.8 Å². The molecule has 0 aliphatic carbocycles. The number of nitro benzene ring substituents is 1. The van der Waals surface area contributed by atoms with E-state index in [-0.39, 0.29) is 17.9 Å². The van der Waals surface area contributed by atoms with Gasteiger partial charge in [-0.15, -0.1) is 11.3 Å². The fraction of sp³-hybridized carbons (Fsp3) is 0.107. The van der Waals surface area contributed by atoms with E-state index in [2.05, 4.69) is 10.3 Å². The Hall–Kier alpha value is -5.01. The fourth-order valence-corrected chi connectivity index (χ4v) is 4.14. The quantitative estimate of drug-likeness (QED) is 0.112. The summed E-state index contributed by atoms with van der Waals surface area (Å²) in [6, 6.07) is 22.7. The third-order valence-corrected chi connectivity index (χ3v) is 6.04. The molecular formula is C28H22N4O5S. The summed E-state index contributed by atoms with van der Waals surface area (Å²) in [6.45, 7) is 2.38. The third-order valence-electron chi connectivity index (χ3n) is 5.28. The van der Waals surface area contributed by atoms with Crippen LogP contribution in [0.5, 0.6) is 11.5 Å². The fourth-order valence-electron chi connectivity index (χ4n) is 3.43. The minimum absolute atomic E-state index is 0.00345. The first-order valence-electron chi connectivity index (χ1n) is 11.5. The van der Waals surface area contributed by atoms with Crippen LogP contribution in [0.25, 0.3) is 17.3 Å². The molecule has 0 spiro atoms. The monoisotopic (exact) mass is 526 g/mol. The van der Waals surface area contributed by atoms with E-state index in [0.717, 1.165) is 16.8 Å². The van der Waals surface area contributed by atoms with Gasteiger partial charge in [0.15, 0.2) is 16.6 Å². The molecular weight excluding hydrogens is 504 g/mol. The smallest absolute Gasteiger partial charge is 0.269 e. The van der Waals surface area contributed by atoms with Gasteiger partial charge in [-0.1, -0.05) is 36.4 Å². The van der Waals surface area contributed by atoms with Crippen LogP contribution in [0.15, 0.2) is 83.7 Å². The normalized spacial score (nSPS) is 10.9. The van der Waals surface area contributed by atoms with Gasteiger partial charge in [-0.2, -0.15) is 5.26 Å². The standard InChI is InChI=1S/C28H22N4O5S/c1-2-36-26-15-20(10-13-25(26)37-17-19-8-11-23(12-9-19)32(34)35)14-22(16-29)27(33)31-28-30-24(18-38-28)21-6-4-3-5-7-21/h3-15,18H,2,17H2,1H3,(H,30,31,33)/b22-14-. The van der Waals surface area contributed by atoms with Crippen molar-refractivity contribution in [2.75, 3.05) is 11.9 Å². The highest BCUT2D eigenvalue weighted by Crippen LogP contribution is 2.31. The van der Waals surface area contributed by atoms with Gasteiger partial charge in [0.25, 0.3) is 11.6 Å². The zero-order chi connectivity index (χ0) is 26.9. The minimum Gasteiger partial charge on any atom is -0.490 e. The lowest BCUT2D eigenvalue weighted by Crippen LogP contribution is -2.13. The van der Waals surface area contributed by atoms with Crippen molar-refractivity contribution < 1.29 is 19.2 Å². The van der Waals surface area contributed by atoms with Crippen LogP contribution in [0.1, 0.15) is 18.1 Å². The van der Waals surface area contributed by atoms with Gasteiger partial charge in [-0.25, -0.2) is 4.98 Å². The van der Waals surface area contributed by atoms with E-state index in [9.17, 15) is 20.2 Å². The number of nitriles is 1. The van der Waals surface area contributed by atoms with E-state index < -0.39 is 10.8 Å². The lowest BCUT2D eigenvalue weighted by Gasteiger charge is -2.13. The van der Waals surface area contributed by atoms with E-state index >= 15 is 0 Å². The van der Waals surface area contributed by atoms with Crippen LogP contribution in [0.4, 0.5) is 10.8 Å². The molecule has 0 unspecified atom stereocenters. The molecule has 1 amide bonds. The zero-order valence-corrected chi connectivity index (χ0v) is 21.1. The first-order chi connectivity index (χ1) is 18.5. The molecule has 0 saturated heterocycles. The summed E-state index contributed by atoms with van der Waals surface area (Å²) in [4.78, 5) is 27.6. The number of carbonyl (C=O) groups excluding carboxylic acids is 1. The van der Waals surface area contributed by atoms with Gasteiger partial charge in [0.1, 0.15) is 18.2 Å². The Morgan fingerprint density at radius 2 is 1.87 bits per heavy atom. The number of amides is 1. The maximum atomic E-state index is 12.8. The average molecular weight is 527 g/mol. The number of hydrogen-bond acceptors (Lipinski definition) is 8. The Morgan fingerprint density at radius 3 is 2.55 bits per heavy atom. The number of nitrogens with one attached hydrogen (secondary N) is 1. The van der Waals surface area contributed by atoms with Crippen LogP contribution in [0.3, 0.4) is 0 Å². The molecule has 0 bridgehead atoms. The summed E-state index contributed by atoms with van der Waals surface area (Å²) in [7, 11) is 0. The molecule has 1 heterocycles. The highest BCUT2D eigenvalue weighted by molar-refractivity contribution is 7.14. The maximum absolute atomic E-state index is 12.8. The molecule has 9 nitrogen and oxygen atoms in total. The summed E-state index contributed by atoms with van der Waals surface area (Å²) < 4.78 is 11.6. The number of benzene rings is 3. The van der Waals surface area contributed by atoms with Gasteiger partial charge in [-0.3, -0.25) is 20.2 Å². The van der Waals surface area contributed by atoms with Gasteiger partial charge in [0.2, 0.25) is 0 Å². The van der Waals surface area contributed by atoms with Gasteiger partial charge >= 0.3 is 0 Å². The molecule has 10 heteroatoms. The van der Waals surface area contributed by atoms with Crippen molar-refractivity contribution in [2.45, 2.75) is 13.5 Å². The Labute approximate surface area is 222 Å². The van der Waals surface area contributed by atoms with Crippen LogP contribution >= 0.6 is 11.3 Å². The van der Waals surface area contributed by atoms with E-state index in [1.165, 1.54) is 29.5 Å². The predicted molar refractivity (Wildman–Crippen MR) is 145 cm³/mol. The summed E-state index contributed by atoms with van der Waals surface area (Å²) in [5, 5.41) is 25.4. The molecule has 38 heavy (non-hydrogen) atoms. The van der Waals surface area contributed by atoms with Gasteiger partial charge in [-0.05, 0) is 48.4 Å². The van der Waals surface area contributed by atoms with Crippen molar-refractivity contribution in [1.29, 1.82) is 5.26 Å². The maximum Gasteiger partial charge on any atom is 0.269 e. The lowest BCUT2D eigenvalue weighted by atomic mass is 10.1. The van der Waals surface area contributed by atoms with Crippen molar-refractivity contribution in [2.24, 2.45) is 0 Å². The minimum atomic E-state index is -0.571. The summed E-state index contributed by atoms with van der Waals surface area (Å²) in [5.41, 5.74) is 2.90. The van der Waals surface area contributed by atoms with Crippen molar-refractivity contribution in [3.05, 3.63) is 105 Å². The highest BCUT2D eigenvalue weighted by atomic mass is 32.1. The van der Waals surface area contributed by atoms with Crippen molar-refractivity contribution in [1.82, 2.24) is 4.98 Å². The first-order valence-corrected chi connectivity index (χ1v) is 12.4. The van der Waals surface area contributed by atoms with Crippen LogP contribution < -0.4 is 14.8 Å². The number of carbonyl (C=O) groups is 1. The summed E-state index contributed by atoms with van der Waals surface area (Å²) in [6.07, 6.45) is 1.46. The molecule has 1 N–H and O–H groups in total. The third kappa shape index (κ3) is 6.60. The molecule has 190 valence electrons. The molecule has 0 radical (unpaired) electrons.